The topological polar surface area (TPSA) is 49.4 Å². The summed E-state index contributed by atoms with van der Waals surface area (Å²) in [5.41, 5.74) is 3.50. The standard InChI is InChI=1S/C26H33BrN2O2S/c1-19-8-6-7-9-22(19)17-32-18-25(30)29(16-21-12-14-23(27)15-13-21)20(2)26(31)28-24-10-4-3-5-11-24/h6-9,12-15,20,24H,3-5,10-11,16-18H2,1-2H3,(H,28,31). The maximum Gasteiger partial charge on any atom is 0.242 e. The summed E-state index contributed by atoms with van der Waals surface area (Å²) in [5.74, 6) is 1.09. The fraction of sp³-hybridized carbons (Fsp3) is 0.462. The van der Waals surface area contributed by atoms with Crippen LogP contribution in [0, 0.1) is 6.92 Å². The fourth-order valence-corrected chi connectivity index (χ4v) is 5.29. The largest absolute Gasteiger partial charge is 0.352 e. The maximum absolute atomic E-state index is 13.2. The van der Waals surface area contributed by atoms with Crippen LogP contribution < -0.4 is 5.32 Å². The van der Waals surface area contributed by atoms with E-state index in [1.807, 2.05) is 43.3 Å². The lowest BCUT2D eigenvalue weighted by Gasteiger charge is -2.31. The van der Waals surface area contributed by atoms with E-state index in [-0.39, 0.29) is 17.9 Å². The monoisotopic (exact) mass is 516 g/mol. The zero-order chi connectivity index (χ0) is 22.9. The number of thioether (sulfide) groups is 1. The van der Waals surface area contributed by atoms with Gasteiger partial charge in [0.15, 0.2) is 0 Å². The smallest absolute Gasteiger partial charge is 0.242 e. The molecule has 1 fully saturated rings. The van der Waals surface area contributed by atoms with Crippen LogP contribution in [-0.4, -0.2) is 34.6 Å². The van der Waals surface area contributed by atoms with Crippen molar-refractivity contribution < 1.29 is 9.59 Å². The summed E-state index contributed by atoms with van der Waals surface area (Å²) in [4.78, 5) is 28.0. The van der Waals surface area contributed by atoms with E-state index in [1.54, 1.807) is 16.7 Å². The Labute approximate surface area is 204 Å². The number of rotatable bonds is 9. The molecule has 1 saturated carbocycles. The van der Waals surface area contributed by atoms with Gasteiger partial charge in [-0.2, -0.15) is 0 Å². The molecular weight excluding hydrogens is 484 g/mol. The van der Waals surface area contributed by atoms with Gasteiger partial charge in [0.2, 0.25) is 11.8 Å². The van der Waals surface area contributed by atoms with Crippen LogP contribution in [0.5, 0.6) is 0 Å². The number of nitrogens with one attached hydrogen (secondary N) is 1. The van der Waals surface area contributed by atoms with Crippen molar-refractivity contribution in [1.82, 2.24) is 10.2 Å². The highest BCUT2D eigenvalue weighted by molar-refractivity contribution is 9.10. The van der Waals surface area contributed by atoms with Crippen LogP contribution in [0.15, 0.2) is 53.0 Å². The molecule has 0 aliphatic heterocycles. The Morgan fingerprint density at radius 1 is 1.09 bits per heavy atom. The van der Waals surface area contributed by atoms with Gasteiger partial charge in [0, 0.05) is 22.8 Å². The highest BCUT2D eigenvalue weighted by Crippen LogP contribution is 2.20. The van der Waals surface area contributed by atoms with Crippen LogP contribution in [0.4, 0.5) is 0 Å². The van der Waals surface area contributed by atoms with Gasteiger partial charge in [0.1, 0.15) is 6.04 Å². The summed E-state index contributed by atoms with van der Waals surface area (Å²) in [6, 6.07) is 15.9. The van der Waals surface area contributed by atoms with Gasteiger partial charge in [0.05, 0.1) is 5.75 Å². The Balaban J connectivity index is 1.65. The van der Waals surface area contributed by atoms with Crippen LogP contribution in [0.2, 0.25) is 0 Å². The summed E-state index contributed by atoms with van der Waals surface area (Å²) in [7, 11) is 0. The molecule has 172 valence electrons. The molecule has 0 spiro atoms. The van der Waals surface area contributed by atoms with E-state index in [4.69, 9.17) is 0 Å². The number of benzene rings is 2. The molecule has 1 aliphatic carbocycles. The van der Waals surface area contributed by atoms with Gasteiger partial charge in [-0.05, 0) is 55.5 Å². The van der Waals surface area contributed by atoms with E-state index in [0.29, 0.717) is 12.3 Å². The molecular formula is C26H33BrN2O2S. The van der Waals surface area contributed by atoms with Crippen molar-refractivity contribution in [3.05, 3.63) is 69.7 Å². The molecule has 4 nitrogen and oxygen atoms in total. The molecule has 0 heterocycles. The van der Waals surface area contributed by atoms with Crippen LogP contribution >= 0.6 is 27.7 Å². The van der Waals surface area contributed by atoms with Gasteiger partial charge in [-0.15, -0.1) is 11.8 Å². The summed E-state index contributed by atoms with van der Waals surface area (Å²) < 4.78 is 0.996. The van der Waals surface area contributed by atoms with Crippen molar-refractivity contribution in [2.75, 3.05) is 5.75 Å². The van der Waals surface area contributed by atoms with E-state index in [1.165, 1.54) is 17.5 Å². The van der Waals surface area contributed by atoms with Crippen LogP contribution in [0.1, 0.15) is 55.7 Å². The molecule has 6 heteroatoms. The number of carbonyl (C=O) groups excluding carboxylic acids is 2. The minimum atomic E-state index is -0.507. The fourth-order valence-electron chi connectivity index (χ4n) is 4.04. The van der Waals surface area contributed by atoms with Crippen molar-refractivity contribution in [2.45, 2.75) is 70.3 Å². The zero-order valence-corrected chi connectivity index (χ0v) is 21.4. The molecule has 1 atom stereocenters. The van der Waals surface area contributed by atoms with E-state index in [0.717, 1.165) is 41.5 Å². The number of hydrogen-bond donors (Lipinski definition) is 1. The molecule has 1 aliphatic rings. The van der Waals surface area contributed by atoms with Crippen molar-refractivity contribution in [3.8, 4) is 0 Å². The van der Waals surface area contributed by atoms with Crippen molar-refractivity contribution in [3.63, 3.8) is 0 Å². The number of aryl methyl sites for hydroxylation is 1. The summed E-state index contributed by atoms with van der Waals surface area (Å²) >= 11 is 5.07. The minimum Gasteiger partial charge on any atom is -0.352 e. The first-order chi connectivity index (χ1) is 15.4. The first kappa shape index (κ1) is 24.8. The third-order valence-electron chi connectivity index (χ3n) is 6.13. The predicted molar refractivity (Wildman–Crippen MR) is 137 cm³/mol. The van der Waals surface area contributed by atoms with E-state index in [9.17, 15) is 9.59 Å². The summed E-state index contributed by atoms with van der Waals surface area (Å²) in [5, 5.41) is 3.19. The molecule has 2 amide bonds. The molecule has 1 N–H and O–H groups in total. The average molecular weight is 518 g/mol. The normalized spacial score (nSPS) is 15.2. The highest BCUT2D eigenvalue weighted by Gasteiger charge is 2.28. The quantitative estimate of drug-likeness (QED) is 0.454. The molecule has 32 heavy (non-hydrogen) atoms. The molecule has 2 aromatic carbocycles. The van der Waals surface area contributed by atoms with Crippen LogP contribution in [-0.2, 0) is 21.9 Å². The van der Waals surface area contributed by atoms with Gasteiger partial charge in [-0.25, -0.2) is 0 Å². The molecule has 0 radical (unpaired) electrons. The first-order valence-electron chi connectivity index (χ1n) is 11.4. The molecule has 0 saturated heterocycles. The lowest BCUT2D eigenvalue weighted by molar-refractivity contribution is -0.139. The summed E-state index contributed by atoms with van der Waals surface area (Å²) in [6.07, 6.45) is 5.64. The second kappa shape index (κ2) is 12.4. The van der Waals surface area contributed by atoms with Gasteiger partial charge >= 0.3 is 0 Å². The molecule has 0 aromatic heterocycles. The zero-order valence-electron chi connectivity index (χ0n) is 19.0. The lowest BCUT2D eigenvalue weighted by atomic mass is 9.95. The maximum atomic E-state index is 13.2. The Bertz CT molecular complexity index is 897. The van der Waals surface area contributed by atoms with Gasteiger partial charge < -0.3 is 10.2 Å². The van der Waals surface area contributed by atoms with Crippen molar-refractivity contribution in [2.24, 2.45) is 0 Å². The Morgan fingerprint density at radius 3 is 2.47 bits per heavy atom. The van der Waals surface area contributed by atoms with E-state index in [2.05, 4.69) is 40.3 Å². The molecule has 0 bridgehead atoms. The third kappa shape index (κ3) is 7.38. The van der Waals surface area contributed by atoms with Crippen LogP contribution in [0.25, 0.3) is 0 Å². The molecule has 1 unspecified atom stereocenters. The number of halogens is 1. The van der Waals surface area contributed by atoms with Gasteiger partial charge in [0.25, 0.3) is 0 Å². The van der Waals surface area contributed by atoms with Crippen molar-refractivity contribution in [1.29, 1.82) is 0 Å². The predicted octanol–water partition coefficient (Wildman–Crippen LogP) is 5.86. The lowest BCUT2D eigenvalue weighted by Crippen LogP contribution is -2.50. The first-order valence-corrected chi connectivity index (χ1v) is 13.4. The second-order valence-corrected chi connectivity index (χ2v) is 10.5. The van der Waals surface area contributed by atoms with Gasteiger partial charge in [-0.1, -0.05) is 71.6 Å². The third-order valence-corrected chi connectivity index (χ3v) is 7.62. The van der Waals surface area contributed by atoms with Crippen LogP contribution in [0.3, 0.4) is 0 Å². The SMILES string of the molecule is Cc1ccccc1CSCC(=O)N(Cc1ccc(Br)cc1)C(C)C(=O)NC1CCCCC1. The molecule has 2 aromatic rings. The summed E-state index contributed by atoms with van der Waals surface area (Å²) in [6.45, 7) is 4.37. The average Bonchev–Trinajstić information content (AvgIpc) is 2.80. The minimum absolute atomic E-state index is 0.00204. The van der Waals surface area contributed by atoms with Crippen molar-refractivity contribution >= 4 is 39.5 Å². The second-order valence-electron chi connectivity index (χ2n) is 8.59. The Hall–Kier alpha value is -1.79. The number of hydrogen-bond acceptors (Lipinski definition) is 3. The molecule has 3 rings (SSSR count). The highest BCUT2D eigenvalue weighted by atomic mass is 79.9. The number of nitrogens with zero attached hydrogens (tertiary/aromatic N) is 1. The van der Waals surface area contributed by atoms with Gasteiger partial charge in [-0.3, -0.25) is 9.59 Å². The Kier molecular flexibility index (Phi) is 9.67. The van der Waals surface area contributed by atoms with E-state index >= 15 is 0 Å². The number of carbonyl (C=O) groups is 2. The van der Waals surface area contributed by atoms with E-state index < -0.39 is 6.04 Å². The Morgan fingerprint density at radius 2 is 1.78 bits per heavy atom. The number of amides is 2.